The van der Waals surface area contributed by atoms with Crippen LogP contribution in [0.1, 0.15) is 27.2 Å². The number of hydrogen-bond donors (Lipinski definition) is 5. The Morgan fingerprint density at radius 1 is 0.635 bits per heavy atom. The summed E-state index contributed by atoms with van der Waals surface area (Å²) >= 11 is 0. The molecule has 0 saturated carbocycles. The number of aliphatic hydroxyl groups is 5. The van der Waals surface area contributed by atoms with Crippen molar-refractivity contribution in [2.24, 2.45) is 11.8 Å². The minimum Gasteiger partial charge on any atom is -0.726 e. The number of aliphatic hydroxyl groups excluding tert-OH is 5. The Balaban J connectivity index is 0. The van der Waals surface area contributed by atoms with Crippen molar-refractivity contribution in [3.63, 3.8) is 0 Å². The predicted molar refractivity (Wildman–Crippen MR) is 163 cm³/mol. The van der Waals surface area contributed by atoms with E-state index in [4.69, 9.17) is 33.2 Å². The Hall–Kier alpha value is 2.65. The van der Waals surface area contributed by atoms with E-state index in [-0.39, 0.29) is 154 Å². The van der Waals surface area contributed by atoms with Crippen molar-refractivity contribution in [2.45, 2.75) is 126 Å². The molecule has 3 saturated heterocycles. The van der Waals surface area contributed by atoms with Crippen LogP contribution in [0.3, 0.4) is 0 Å². The molecule has 0 bridgehead atoms. The minimum atomic E-state index is -5.88. The molecule has 336 valence electrons. The van der Waals surface area contributed by atoms with Crippen LogP contribution in [0.4, 0.5) is 0 Å². The van der Waals surface area contributed by atoms with Crippen LogP contribution in [0.15, 0.2) is 11.8 Å². The van der Waals surface area contributed by atoms with Crippen LogP contribution in [-0.2, 0) is 86.5 Å². The van der Waals surface area contributed by atoms with E-state index in [1.54, 1.807) is 0 Å². The first-order valence-corrected chi connectivity index (χ1v) is 20.6. The monoisotopic (exact) mass is 1020 g/mol. The molecule has 28 nitrogen and oxygen atoms in total. The maximum absolute atomic E-state index is 12.4. The maximum atomic E-state index is 12.4. The van der Waals surface area contributed by atoms with Crippen LogP contribution < -0.4 is 158 Å². The molecule has 3 fully saturated rings. The third kappa shape index (κ3) is 18.6. The molecule has 18 unspecified atom stereocenters. The average molecular weight is 1020 g/mol. The van der Waals surface area contributed by atoms with E-state index in [1.165, 1.54) is 13.8 Å². The quantitative estimate of drug-likeness (QED) is 0.0544. The zero-order valence-corrected chi connectivity index (χ0v) is 47.2. The molecule has 0 radical (unpaired) electrons. The second-order valence-electron chi connectivity index (χ2n) is 13.2. The Kier molecular flexibility index (Phi) is 30.1. The van der Waals surface area contributed by atoms with Gasteiger partial charge in [-0.1, -0.05) is 20.8 Å². The third-order valence-corrected chi connectivity index (χ3v) is 10.6. The van der Waals surface area contributed by atoms with Gasteiger partial charge in [-0.3, -0.25) is 12.5 Å². The second kappa shape index (κ2) is 28.0. The van der Waals surface area contributed by atoms with E-state index < -0.39 is 166 Å². The van der Waals surface area contributed by atoms with Gasteiger partial charge in [-0.15, -0.1) is 0 Å². The van der Waals surface area contributed by atoms with Gasteiger partial charge >= 0.3 is 148 Å². The van der Waals surface area contributed by atoms with Crippen molar-refractivity contribution >= 4 is 43.1 Å². The number of ether oxygens (including phenoxy) is 7. The number of carboxylic acids is 2. The summed E-state index contributed by atoms with van der Waals surface area (Å²) in [5.74, 6) is -8.08. The van der Waals surface area contributed by atoms with Crippen LogP contribution in [0, 0.1) is 11.8 Å². The summed E-state index contributed by atoms with van der Waals surface area (Å²) < 4.78 is 153. The van der Waals surface area contributed by atoms with Crippen molar-refractivity contribution < 1.29 is 278 Å². The van der Waals surface area contributed by atoms with Gasteiger partial charge in [-0.05, 0) is 12.5 Å². The number of rotatable bonds is 16. The van der Waals surface area contributed by atoms with E-state index in [1.807, 2.05) is 0 Å². The van der Waals surface area contributed by atoms with E-state index in [0.29, 0.717) is 6.08 Å². The number of hydrogen-bond acceptors (Lipinski definition) is 28. The van der Waals surface area contributed by atoms with Gasteiger partial charge in [-0.2, -0.15) is 0 Å². The molecule has 4 aliphatic heterocycles. The Bertz CT molecular complexity index is 1850. The van der Waals surface area contributed by atoms with Gasteiger partial charge in [0.05, 0.1) is 30.9 Å². The summed E-state index contributed by atoms with van der Waals surface area (Å²) in [7, 11) is -16.9. The summed E-state index contributed by atoms with van der Waals surface area (Å²) in [6.45, 7) is 2.47. The molecule has 0 amide bonds. The minimum absolute atomic E-state index is 0. The van der Waals surface area contributed by atoms with Crippen molar-refractivity contribution in [1.29, 1.82) is 0 Å². The molecule has 0 spiro atoms. The second-order valence-corrected chi connectivity index (χ2v) is 16.2. The normalized spacial score (nSPS) is 38.3. The van der Waals surface area contributed by atoms with Gasteiger partial charge < -0.3 is 92.2 Å². The summed E-state index contributed by atoms with van der Waals surface area (Å²) in [6.07, 6.45) is -33.7. The van der Waals surface area contributed by atoms with Crippen molar-refractivity contribution in [3.05, 3.63) is 11.8 Å². The predicted octanol–water partition coefficient (Wildman–Crippen LogP) is -23.6. The molecule has 5 N–H and O–H groups in total. The zero-order chi connectivity index (χ0) is 43.8. The van der Waals surface area contributed by atoms with E-state index >= 15 is 0 Å². The number of carboxylic acid groups (broad SMARTS) is 2. The Labute approximate surface area is 470 Å². The van der Waals surface area contributed by atoms with Crippen molar-refractivity contribution in [2.75, 3.05) is 6.61 Å². The largest absolute Gasteiger partial charge is 1.00 e. The molecule has 36 heteroatoms. The Morgan fingerprint density at radius 3 is 1.62 bits per heavy atom. The van der Waals surface area contributed by atoms with Crippen LogP contribution in [0.5, 0.6) is 0 Å². The Morgan fingerprint density at radius 2 is 1.13 bits per heavy atom. The first-order chi connectivity index (χ1) is 26.6. The van der Waals surface area contributed by atoms with Crippen LogP contribution in [0.2, 0.25) is 0 Å². The first-order valence-electron chi connectivity index (χ1n) is 16.6. The molecule has 4 rings (SSSR count). The topological polar surface area (TPSA) is 445 Å². The van der Waals surface area contributed by atoms with Gasteiger partial charge in [0, 0.05) is 11.8 Å². The van der Waals surface area contributed by atoms with Crippen molar-refractivity contribution in [1.82, 2.24) is 0 Å². The van der Waals surface area contributed by atoms with Crippen LogP contribution in [-0.4, -0.2) is 181 Å². The van der Waals surface area contributed by atoms with Crippen LogP contribution >= 0.6 is 0 Å². The summed E-state index contributed by atoms with van der Waals surface area (Å²) in [6, 6.07) is 0. The smallest absolute Gasteiger partial charge is 0.726 e. The number of carbonyl (C=O) groups is 2. The molecule has 4 aliphatic rings. The van der Waals surface area contributed by atoms with Gasteiger partial charge in [-0.25, -0.2) is 25.3 Å². The molecule has 0 aromatic carbocycles. The van der Waals surface area contributed by atoms with E-state index in [9.17, 15) is 84.2 Å². The molecular formula is C27H37Na5O28S3. The van der Waals surface area contributed by atoms with Crippen LogP contribution in [0.25, 0.3) is 0 Å². The molecule has 0 aromatic rings. The molecule has 18 atom stereocenters. The zero-order valence-electron chi connectivity index (χ0n) is 34.7. The van der Waals surface area contributed by atoms with E-state index in [0.717, 1.165) is 6.92 Å². The molecule has 63 heavy (non-hydrogen) atoms. The first kappa shape index (κ1) is 67.7. The fourth-order valence-electron chi connectivity index (χ4n) is 6.31. The summed E-state index contributed by atoms with van der Waals surface area (Å²) in [5.41, 5.74) is 0. The maximum Gasteiger partial charge on any atom is 1.00 e. The van der Waals surface area contributed by atoms with Gasteiger partial charge in [0.2, 0.25) is 37.5 Å². The number of carbonyl (C=O) groups excluding carboxylic acids is 2. The summed E-state index contributed by atoms with van der Waals surface area (Å²) in [5, 5.41) is 77.7. The summed E-state index contributed by atoms with van der Waals surface area (Å²) in [4.78, 5) is 23.8. The third-order valence-electron chi connectivity index (χ3n) is 9.22. The van der Waals surface area contributed by atoms with Gasteiger partial charge in [0.25, 0.3) is 0 Å². The average Bonchev–Trinajstić information content (AvgIpc) is 3.09. The fraction of sp³-hybridized carbons (Fsp3) is 0.852. The van der Waals surface area contributed by atoms with Gasteiger partial charge in [0.15, 0.2) is 31.1 Å². The van der Waals surface area contributed by atoms with Gasteiger partial charge in [0.1, 0.15) is 54.5 Å². The van der Waals surface area contributed by atoms with Crippen molar-refractivity contribution in [3.8, 4) is 0 Å². The SMILES string of the molecule is CCC1OC(OC2C(C(=O)[O-])OC(OC3C(COS(=O)(=O)[O-])OC(O)C(C)C3O)C(OS(=O)(=O)[O-])C2O)C(C)C(O)C1OC1OC(C(=O)[O-])=CC(O)C1OS(=O)(=O)[O-].[Na+].[Na+].[Na+].[Na+].[Na+]. The fourth-order valence-corrected chi connectivity index (χ4v) is 7.56. The number of aliphatic carboxylic acids is 2. The molecule has 0 aliphatic carbocycles. The molecule has 4 heterocycles. The molecule has 0 aromatic heterocycles. The standard InChI is InChI=1S/C27H42O28S3.5Na/c1-4-10-17(50-26-16(54-57(40,41)42)9(28)5-11(49-26)22(32)33)14(30)8(3)25(48-10)52-19-15(31)20(55-58(43,44)45)27(53-21(19)23(34)35)51-18-12(6-46-56(37,38)39)47-24(36)7(2)13(18)29;;;;;/h5,7-10,12-21,24-31,36H,4,6H2,1-3H3,(H,32,33)(H,34,35)(H,37,38,39)(H,40,41,42)(H,43,44,45);;;;;/q;5*+1/p-5. The van der Waals surface area contributed by atoms with E-state index in [2.05, 4.69) is 12.5 Å². The molecular weight excluding hydrogens is 983 g/mol.